The van der Waals surface area contributed by atoms with Gasteiger partial charge in [-0.25, -0.2) is 4.98 Å². The van der Waals surface area contributed by atoms with Gasteiger partial charge >= 0.3 is 0 Å². The summed E-state index contributed by atoms with van der Waals surface area (Å²) in [6.45, 7) is 1.75. The lowest BCUT2D eigenvalue weighted by Crippen LogP contribution is -1.79. The molecule has 0 bridgehead atoms. The van der Waals surface area contributed by atoms with Crippen molar-refractivity contribution >= 4 is 17.9 Å². The van der Waals surface area contributed by atoms with Gasteiger partial charge < -0.3 is 4.98 Å². The quantitative estimate of drug-likeness (QED) is 0.602. The molecule has 0 unspecified atom stereocenters. The topological polar surface area (TPSA) is 45.8 Å². The maximum Gasteiger partial charge on any atom is 0.185 e. The van der Waals surface area contributed by atoms with Crippen LogP contribution in [-0.2, 0) is 0 Å². The summed E-state index contributed by atoms with van der Waals surface area (Å²) in [6, 6.07) is 0. The third-order valence-electron chi connectivity index (χ3n) is 0.955. The molecule has 1 aromatic rings. The van der Waals surface area contributed by atoms with Crippen LogP contribution in [0.1, 0.15) is 16.3 Å². The van der Waals surface area contributed by atoms with Gasteiger partial charge in [0.1, 0.15) is 0 Å². The van der Waals surface area contributed by atoms with Crippen molar-refractivity contribution in [3.8, 4) is 0 Å². The van der Waals surface area contributed by atoms with E-state index in [4.69, 9.17) is 11.6 Å². The molecular weight excluding hydrogens is 140 g/mol. The Balaban J connectivity index is 3.11. The first-order valence-corrected chi connectivity index (χ1v) is 2.79. The molecular formula is C5H5ClN2O. The molecule has 0 aromatic carbocycles. The molecule has 0 fully saturated rings. The highest BCUT2D eigenvalue weighted by atomic mass is 35.5. The van der Waals surface area contributed by atoms with Crippen LogP contribution in [0.15, 0.2) is 0 Å². The van der Waals surface area contributed by atoms with Gasteiger partial charge in [-0.3, -0.25) is 4.79 Å². The number of rotatable bonds is 1. The minimum Gasteiger partial charge on any atom is -0.339 e. The van der Waals surface area contributed by atoms with Gasteiger partial charge in [-0.2, -0.15) is 0 Å². The molecule has 1 aromatic heterocycles. The molecule has 1 rings (SSSR count). The van der Waals surface area contributed by atoms with Crippen LogP contribution < -0.4 is 0 Å². The molecule has 0 saturated carbocycles. The molecule has 4 heteroatoms. The smallest absolute Gasteiger partial charge is 0.185 e. The van der Waals surface area contributed by atoms with E-state index in [1.807, 2.05) is 0 Å². The number of aromatic amines is 1. The molecule has 0 aliphatic rings. The molecule has 0 amide bonds. The van der Waals surface area contributed by atoms with Crippen LogP contribution in [0.4, 0.5) is 0 Å². The first-order chi connectivity index (χ1) is 4.24. The maximum absolute atomic E-state index is 10.0. The van der Waals surface area contributed by atoms with E-state index in [-0.39, 0.29) is 5.82 Å². The number of nitrogens with zero attached hydrogens (tertiary/aromatic N) is 1. The Morgan fingerprint density at radius 2 is 2.44 bits per heavy atom. The van der Waals surface area contributed by atoms with Crippen molar-refractivity contribution in [2.45, 2.75) is 6.92 Å². The van der Waals surface area contributed by atoms with E-state index in [0.29, 0.717) is 11.4 Å². The monoisotopic (exact) mass is 144 g/mol. The third kappa shape index (κ3) is 1.10. The lowest BCUT2D eigenvalue weighted by molar-refractivity contribution is 0.111. The normalized spacial score (nSPS) is 9.56. The number of imidazole rings is 1. The summed E-state index contributed by atoms with van der Waals surface area (Å²) in [4.78, 5) is 16.4. The van der Waals surface area contributed by atoms with Crippen molar-refractivity contribution in [2.24, 2.45) is 0 Å². The van der Waals surface area contributed by atoms with Gasteiger partial charge in [0.15, 0.2) is 17.3 Å². The number of halogens is 1. The molecule has 0 spiro atoms. The largest absolute Gasteiger partial charge is 0.339 e. The predicted octanol–water partition coefficient (Wildman–Crippen LogP) is 1.18. The Hall–Kier alpha value is -0.830. The van der Waals surface area contributed by atoms with Gasteiger partial charge in [0.25, 0.3) is 0 Å². The molecule has 48 valence electrons. The highest BCUT2D eigenvalue weighted by Crippen LogP contribution is 2.08. The Labute approximate surface area is 57.1 Å². The van der Waals surface area contributed by atoms with Gasteiger partial charge in [0.05, 0.1) is 5.69 Å². The summed E-state index contributed by atoms with van der Waals surface area (Å²) in [6.07, 6.45) is 0.624. The van der Waals surface area contributed by atoms with Crippen LogP contribution in [0.2, 0.25) is 5.15 Å². The summed E-state index contributed by atoms with van der Waals surface area (Å²) < 4.78 is 0. The molecule has 0 radical (unpaired) electrons. The van der Waals surface area contributed by atoms with E-state index >= 15 is 0 Å². The summed E-state index contributed by atoms with van der Waals surface area (Å²) in [7, 11) is 0. The number of aromatic nitrogens is 2. The van der Waals surface area contributed by atoms with E-state index < -0.39 is 0 Å². The minimum absolute atomic E-state index is 0.275. The lowest BCUT2D eigenvalue weighted by Gasteiger charge is -1.76. The molecule has 0 atom stereocenters. The number of carbonyl (C=O) groups excluding carboxylic acids is 1. The summed E-state index contributed by atoms with van der Waals surface area (Å²) >= 11 is 5.51. The predicted molar refractivity (Wildman–Crippen MR) is 33.7 cm³/mol. The Morgan fingerprint density at radius 1 is 1.78 bits per heavy atom. The number of nitrogens with one attached hydrogen (secondary N) is 1. The summed E-state index contributed by atoms with van der Waals surface area (Å²) in [5.41, 5.74) is 0.721. The number of carbonyl (C=O) groups is 1. The number of hydrogen-bond acceptors (Lipinski definition) is 2. The first kappa shape index (κ1) is 6.29. The number of aryl methyl sites for hydroxylation is 1. The first-order valence-electron chi connectivity index (χ1n) is 2.41. The Kier molecular flexibility index (Phi) is 1.53. The zero-order valence-electron chi connectivity index (χ0n) is 4.81. The SMILES string of the molecule is Cc1[nH]c(C=O)nc1Cl. The second-order valence-electron chi connectivity index (χ2n) is 1.66. The highest BCUT2D eigenvalue weighted by molar-refractivity contribution is 6.30. The van der Waals surface area contributed by atoms with E-state index in [1.165, 1.54) is 0 Å². The molecule has 3 nitrogen and oxygen atoms in total. The van der Waals surface area contributed by atoms with Crippen molar-refractivity contribution in [2.75, 3.05) is 0 Å². The van der Waals surface area contributed by atoms with Gasteiger partial charge in [0.2, 0.25) is 0 Å². The average Bonchev–Trinajstić information content (AvgIpc) is 2.13. The van der Waals surface area contributed by atoms with Crippen LogP contribution in [-0.4, -0.2) is 16.3 Å². The zero-order chi connectivity index (χ0) is 6.85. The van der Waals surface area contributed by atoms with Crippen LogP contribution in [0.3, 0.4) is 0 Å². The Morgan fingerprint density at radius 3 is 2.67 bits per heavy atom. The fourth-order valence-corrected chi connectivity index (χ4v) is 0.655. The van der Waals surface area contributed by atoms with Crippen molar-refractivity contribution in [3.05, 3.63) is 16.7 Å². The third-order valence-corrected chi connectivity index (χ3v) is 1.32. The van der Waals surface area contributed by atoms with Crippen LogP contribution in [0, 0.1) is 6.92 Å². The lowest BCUT2D eigenvalue weighted by atomic mass is 10.6. The fourth-order valence-electron chi connectivity index (χ4n) is 0.517. The maximum atomic E-state index is 10.0. The highest BCUT2D eigenvalue weighted by Gasteiger charge is 2.00. The van der Waals surface area contributed by atoms with Crippen molar-refractivity contribution < 1.29 is 4.79 Å². The van der Waals surface area contributed by atoms with E-state index in [9.17, 15) is 4.79 Å². The van der Waals surface area contributed by atoms with E-state index in [1.54, 1.807) is 6.92 Å². The molecule has 0 aliphatic carbocycles. The standard InChI is InChI=1S/C5H5ClN2O/c1-3-5(6)8-4(2-9)7-3/h2H,1H3,(H,7,8). The summed E-state index contributed by atoms with van der Waals surface area (Å²) in [5, 5.41) is 0.358. The molecule has 0 saturated heterocycles. The van der Waals surface area contributed by atoms with Gasteiger partial charge in [-0.1, -0.05) is 11.6 Å². The van der Waals surface area contributed by atoms with Crippen LogP contribution in [0.5, 0.6) is 0 Å². The van der Waals surface area contributed by atoms with Gasteiger partial charge in [-0.05, 0) is 6.92 Å². The molecule has 1 heterocycles. The number of H-pyrrole nitrogens is 1. The van der Waals surface area contributed by atoms with Gasteiger partial charge in [0, 0.05) is 0 Å². The number of hydrogen-bond donors (Lipinski definition) is 1. The molecule has 9 heavy (non-hydrogen) atoms. The molecule has 1 N–H and O–H groups in total. The fraction of sp³-hybridized carbons (Fsp3) is 0.200. The van der Waals surface area contributed by atoms with Crippen LogP contribution >= 0.6 is 11.6 Å². The van der Waals surface area contributed by atoms with E-state index in [2.05, 4.69) is 9.97 Å². The Bertz CT molecular complexity index is 211. The second kappa shape index (κ2) is 2.19. The zero-order valence-corrected chi connectivity index (χ0v) is 5.57. The van der Waals surface area contributed by atoms with Crippen LogP contribution in [0.25, 0.3) is 0 Å². The van der Waals surface area contributed by atoms with Gasteiger partial charge in [-0.15, -0.1) is 0 Å². The number of aldehydes is 1. The van der Waals surface area contributed by atoms with Crippen molar-refractivity contribution in [1.82, 2.24) is 9.97 Å². The summed E-state index contributed by atoms with van der Waals surface area (Å²) in [5.74, 6) is 0.275. The second-order valence-corrected chi connectivity index (χ2v) is 2.01. The van der Waals surface area contributed by atoms with Crippen molar-refractivity contribution in [1.29, 1.82) is 0 Å². The average molecular weight is 145 g/mol. The molecule has 0 aliphatic heterocycles. The minimum atomic E-state index is 0.275. The van der Waals surface area contributed by atoms with E-state index in [0.717, 1.165) is 5.69 Å². The van der Waals surface area contributed by atoms with Crippen molar-refractivity contribution in [3.63, 3.8) is 0 Å².